The molecular formula is C26H31N3O6. The molecule has 9 heteroatoms. The second kappa shape index (κ2) is 10.7. The number of rotatable bonds is 6. The third kappa shape index (κ3) is 5.03. The van der Waals surface area contributed by atoms with E-state index in [0.29, 0.717) is 50.0 Å². The fourth-order valence-corrected chi connectivity index (χ4v) is 4.74. The average Bonchev–Trinajstić information content (AvgIpc) is 3.25. The van der Waals surface area contributed by atoms with Crippen LogP contribution in [0.4, 0.5) is 10.5 Å². The molecule has 2 saturated heterocycles. The average molecular weight is 482 g/mol. The molecular weight excluding hydrogens is 450 g/mol. The molecule has 2 atom stereocenters. The van der Waals surface area contributed by atoms with Gasteiger partial charge in [-0.15, -0.1) is 0 Å². The Bertz CT molecular complexity index is 1050. The zero-order valence-corrected chi connectivity index (χ0v) is 20.3. The summed E-state index contributed by atoms with van der Waals surface area (Å²) in [5.74, 6) is 0.644. The van der Waals surface area contributed by atoms with Crippen molar-refractivity contribution >= 4 is 23.6 Å². The predicted molar refractivity (Wildman–Crippen MR) is 129 cm³/mol. The summed E-state index contributed by atoms with van der Waals surface area (Å²) in [6.07, 6.45) is -0.253. The fraction of sp³-hybridized carbons (Fsp3) is 0.423. The van der Waals surface area contributed by atoms with E-state index in [4.69, 9.17) is 14.2 Å². The maximum Gasteiger partial charge on any atom is 0.409 e. The van der Waals surface area contributed by atoms with Crippen LogP contribution in [0.25, 0.3) is 0 Å². The van der Waals surface area contributed by atoms with Gasteiger partial charge in [0.1, 0.15) is 11.5 Å². The van der Waals surface area contributed by atoms with Crippen molar-refractivity contribution in [2.45, 2.75) is 19.4 Å². The Morgan fingerprint density at radius 1 is 0.857 bits per heavy atom. The van der Waals surface area contributed by atoms with E-state index in [9.17, 15) is 14.4 Å². The Morgan fingerprint density at radius 3 is 1.94 bits per heavy atom. The van der Waals surface area contributed by atoms with Gasteiger partial charge in [0.15, 0.2) is 0 Å². The molecule has 0 bridgehead atoms. The fourth-order valence-electron chi connectivity index (χ4n) is 4.74. The Kier molecular flexibility index (Phi) is 7.43. The molecule has 0 aliphatic carbocycles. The minimum atomic E-state index is -0.549. The van der Waals surface area contributed by atoms with E-state index in [1.54, 1.807) is 48.0 Å². The van der Waals surface area contributed by atoms with E-state index in [2.05, 4.69) is 0 Å². The molecule has 35 heavy (non-hydrogen) atoms. The van der Waals surface area contributed by atoms with Crippen molar-refractivity contribution in [2.75, 3.05) is 51.9 Å². The Morgan fingerprint density at radius 2 is 1.40 bits per heavy atom. The molecule has 0 aromatic heterocycles. The number of benzene rings is 2. The molecule has 2 aromatic carbocycles. The highest BCUT2D eigenvalue weighted by Crippen LogP contribution is 2.43. The Labute approximate surface area is 205 Å². The SMILES string of the molecule is CCOC(=O)N1CCN(C(=O)[C@@H]2CC(=O)N(c3ccc(OC)cc3)[C@H]2c2ccc(OC)cc2)CC1. The highest BCUT2D eigenvalue weighted by molar-refractivity contribution is 6.01. The van der Waals surface area contributed by atoms with Crippen molar-refractivity contribution in [1.29, 1.82) is 0 Å². The summed E-state index contributed by atoms with van der Waals surface area (Å²) in [6.45, 7) is 3.69. The molecule has 2 aliphatic rings. The van der Waals surface area contributed by atoms with Crippen molar-refractivity contribution in [2.24, 2.45) is 5.92 Å². The molecule has 0 N–H and O–H groups in total. The number of nitrogens with zero attached hydrogens (tertiary/aromatic N) is 3. The first-order valence-electron chi connectivity index (χ1n) is 11.8. The third-order valence-electron chi connectivity index (χ3n) is 6.56. The molecule has 0 radical (unpaired) electrons. The summed E-state index contributed by atoms with van der Waals surface area (Å²) in [5.41, 5.74) is 1.56. The molecule has 0 spiro atoms. The van der Waals surface area contributed by atoms with Crippen LogP contribution >= 0.6 is 0 Å². The highest BCUT2D eigenvalue weighted by Gasteiger charge is 2.47. The van der Waals surface area contributed by atoms with Crippen LogP contribution in [0.2, 0.25) is 0 Å². The molecule has 2 aromatic rings. The van der Waals surface area contributed by atoms with E-state index in [0.717, 1.165) is 5.56 Å². The number of hydrogen-bond acceptors (Lipinski definition) is 6. The lowest BCUT2D eigenvalue weighted by molar-refractivity contribution is -0.138. The Hall–Kier alpha value is -3.75. The predicted octanol–water partition coefficient (Wildman–Crippen LogP) is 3.10. The van der Waals surface area contributed by atoms with Crippen molar-refractivity contribution < 1.29 is 28.6 Å². The molecule has 9 nitrogen and oxygen atoms in total. The quantitative estimate of drug-likeness (QED) is 0.630. The van der Waals surface area contributed by atoms with E-state index in [1.807, 2.05) is 36.4 Å². The lowest BCUT2D eigenvalue weighted by Crippen LogP contribution is -2.52. The lowest BCUT2D eigenvalue weighted by atomic mass is 9.91. The third-order valence-corrected chi connectivity index (χ3v) is 6.56. The number of ether oxygens (including phenoxy) is 3. The number of methoxy groups -OCH3 is 2. The summed E-state index contributed by atoms with van der Waals surface area (Å²) >= 11 is 0. The zero-order valence-electron chi connectivity index (χ0n) is 20.3. The van der Waals surface area contributed by atoms with Gasteiger partial charge in [-0.3, -0.25) is 9.59 Å². The van der Waals surface area contributed by atoms with Gasteiger partial charge in [-0.25, -0.2) is 4.79 Å². The van der Waals surface area contributed by atoms with Crippen LogP contribution in [-0.2, 0) is 14.3 Å². The van der Waals surface area contributed by atoms with Crippen LogP contribution in [0.1, 0.15) is 24.9 Å². The summed E-state index contributed by atoms with van der Waals surface area (Å²) in [7, 11) is 3.19. The van der Waals surface area contributed by atoms with E-state index in [1.165, 1.54) is 0 Å². The highest BCUT2D eigenvalue weighted by atomic mass is 16.6. The number of amides is 3. The van der Waals surface area contributed by atoms with Gasteiger partial charge >= 0.3 is 6.09 Å². The first-order chi connectivity index (χ1) is 17.0. The maximum atomic E-state index is 13.7. The summed E-state index contributed by atoms with van der Waals surface area (Å²) < 4.78 is 15.6. The van der Waals surface area contributed by atoms with Gasteiger partial charge in [0, 0.05) is 38.3 Å². The summed E-state index contributed by atoms with van der Waals surface area (Å²) in [4.78, 5) is 44.1. The van der Waals surface area contributed by atoms with Gasteiger partial charge in [-0.05, 0) is 48.9 Å². The van der Waals surface area contributed by atoms with Crippen LogP contribution < -0.4 is 14.4 Å². The van der Waals surface area contributed by atoms with E-state index in [-0.39, 0.29) is 24.3 Å². The van der Waals surface area contributed by atoms with Crippen molar-refractivity contribution in [3.05, 3.63) is 54.1 Å². The minimum absolute atomic E-state index is 0.0845. The number of piperazine rings is 1. The van der Waals surface area contributed by atoms with Crippen LogP contribution in [-0.4, -0.2) is 74.7 Å². The normalized spacial score (nSPS) is 20.1. The number of carbonyl (C=O) groups excluding carboxylic acids is 3. The van der Waals surface area contributed by atoms with E-state index >= 15 is 0 Å². The zero-order chi connectivity index (χ0) is 24.9. The van der Waals surface area contributed by atoms with E-state index < -0.39 is 12.0 Å². The number of hydrogen-bond donors (Lipinski definition) is 0. The topological polar surface area (TPSA) is 88.6 Å². The van der Waals surface area contributed by atoms with Gasteiger partial charge in [0.05, 0.1) is 32.8 Å². The van der Waals surface area contributed by atoms with Crippen molar-refractivity contribution in [3.63, 3.8) is 0 Å². The van der Waals surface area contributed by atoms with Crippen molar-refractivity contribution in [3.8, 4) is 11.5 Å². The van der Waals surface area contributed by atoms with Crippen LogP contribution in [0.5, 0.6) is 11.5 Å². The first-order valence-corrected chi connectivity index (χ1v) is 11.8. The minimum Gasteiger partial charge on any atom is -0.497 e. The number of carbonyl (C=O) groups is 3. The molecule has 186 valence electrons. The summed E-state index contributed by atoms with van der Waals surface area (Å²) in [6, 6.07) is 14.3. The largest absolute Gasteiger partial charge is 0.497 e. The van der Waals surface area contributed by atoms with Gasteiger partial charge in [-0.2, -0.15) is 0 Å². The first kappa shape index (κ1) is 24.4. The summed E-state index contributed by atoms with van der Waals surface area (Å²) in [5, 5.41) is 0. The molecule has 2 aliphatic heterocycles. The van der Waals surface area contributed by atoms with Crippen LogP contribution in [0.15, 0.2) is 48.5 Å². The second-order valence-corrected chi connectivity index (χ2v) is 8.50. The molecule has 0 unspecified atom stereocenters. The molecule has 2 heterocycles. The molecule has 0 saturated carbocycles. The van der Waals surface area contributed by atoms with Gasteiger partial charge in [-0.1, -0.05) is 12.1 Å². The van der Waals surface area contributed by atoms with Gasteiger partial charge in [0.2, 0.25) is 11.8 Å². The molecule has 2 fully saturated rings. The lowest BCUT2D eigenvalue weighted by Gasteiger charge is -2.36. The molecule has 3 amide bonds. The second-order valence-electron chi connectivity index (χ2n) is 8.50. The molecule has 4 rings (SSSR count). The van der Waals surface area contributed by atoms with Crippen molar-refractivity contribution in [1.82, 2.24) is 9.80 Å². The van der Waals surface area contributed by atoms with Crippen LogP contribution in [0, 0.1) is 5.92 Å². The smallest absolute Gasteiger partial charge is 0.409 e. The number of anilines is 1. The van der Waals surface area contributed by atoms with Gasteiger partial charge in [0.25, 0.3) is 0 Å². The maximum absolute atomic E-state index is 13.7. The monoisotopic (exact) mass is 481 g/mol. The Balaban J connectivity index is 1.60. The van der Waals surface area contributed by atoms with Gasteiger partial charge < -0.3 is 28.9 Å². The standard InChI is InChI=1S/C26H31N3O6/c1-4-35-26(32)28-15-13-27(14-16-28)25(31)22-17-23(30)29(19-7-11-21(34-3)12-8-19)24(22)18-5-9-20(33-2)10-6-18/h5-12,22,24H,4,13-17H2,1-3H3/t22-,24+/m1/s1. The van der Waals surface area contributed by atoms with Crippen LogP contribution in [0.3, 0.4) is 0 Å².